The average Bonchev–Trinajstić information content (AvgIpc) is 2.68. The fourth-order valence-corrected chi connectivity index (χ4v) is 3.52. The first kappa shape index (κ1) is 18.9. The molecule has 3 heterocycles. The molecule has 0 atom stereocenters. The van der Waals surface area contributed by atoms with Gasteiger partial charge in [0.1, 0.15) is 5.84 Å². The number of amidine groups is 1. The van der Waals surface area contributed by atoms with Crippen molar-refractivity contribution in [2.24, 2.45) is 4.99 Å². The lowest BCUT2D eigenvalue weighted by Crippen LogP contribution is -2.47. The second kappa shape index (κ2) is 7.52. The third-order valence-electron chi connectivity index (χ3n) is 5.18. The Bertz CT molecular complexity index is 886. The molecule has 1 saturated heterocycles. The van der Waals surface area contributed by atoms with Crippen molar-refractivity contribution in [3.63, 3.8) is 0 Å². The first-order chi connectivity index (χ1) is 13.4. The van der Waals surface area contributed by atoms with E-state index in [0.29, 0.717) is 12.1 Å². The number of fused-ring (bicyclic) bond motifs is 1. The number of halogens is 3. The molecule has 0 radical (unpaired) electrons. The zero-order valence-corrected chi connectivity index (χ0v) is 15.6. The van der Waals surface area contributed by atoms with Crippen molar-refractivity contribution >= 4 is 11.5 Å². The highest BCUT2D eigenvalue weighted by atomic mass is 19.4. The number of nitrogens with one attached hydrogen (secondary N) is 1. The van der Waals surface area contributed by atoms with Crippen LogP contribution in [0.2, 0.25) is 0 Å². The summed E-state index contributed by atoms with van der Waals surface area (Å²) < 4.78 is 40.0. The highest BCUT2D eigenvalue weighted by Crippen LogP contribution is 2.37. The van der Waals surface area contributed by atoms with E-state index in [4.69, 9.17) is 0 Å². The van der Waals surface area contributed by atoms with Crippen LogP contribution in [0.1, 0.15) is 11.1 Å². The second-order valence-electron chi connectivity index (χ2n) is 7.24. The van der Waals surface area contributed by atoms with Crippen LogP contribution in [-0.2, 0) is 12.7 Å². The number of aliphatic imine (C=N–C) groups is 1. The lowest BCUT2D eigenvalue weighted by atomic mass is 10.0. The Hall–Kier alpha value is -2.45. The molecule has 0 aliphatic carbocycles. The summed E-state index contributed by atoms with van der Waals surface area (Å²) in [6.45, 7) is 5.25. The van der Waals surface area contributed by atoms with E-state index >= 15 is 0 Å². The molecule has 0 unspecified atom stereocenters. The van der Waals surface area contributed by atoms with Crippen molar-refractivity contribution < 1.29 is 13.2 Å². The molecular formula is C20H22F3N5. The van der Waals surface area contributed by atoms with Crippen LogP contribution in [-0.4, -0.2) is 60.4 Å². The van der Waals surface area contributed by atoms with E-state index in [1.165, 1.54) is 12.3 Å². The van der Waals surface area contributed by atoms with Gasteiger partial charge in [-0.2, -0.15) is 13.2 Å². The van der Waals surface area contributed by atoms with Crippen LogP contribution in [0.15, 0.2) is 41.5 Å². The number of rotatable bonds is 3. The third-order valence-corrected chi connectivity index (χ3v) is 5.18. The SMILES string of the molecule is CN1CCN(CC2=NCc3ccc(-c4ncccc4C(F)(F)F)cc3N2)CC1. The fraction of sp³-hybridized carbons (Fsp3) is 0.400. The van der Waals surface area contributed by atoms with E-state index < -0.39 is 11.7 Å². The lowest BCUT2D eigenvalue weighted by Gasteiger charge is -2.33. The van der Waals surface area contributed by atoms with Gasteiger partial charge in [0.15, 0.2) is 0 Å². The van der Waals surface area contributed by atoms with Crippen molar-refractivity contribution in [2.45, 2.75) is 12.7 Å². The number of benzene rings is 1. The minimum Gasteiger partial charge on any atom is -0.343 e. The van der Waals surface area contributed by atoms with E-state index in [1.807, 2.05) is 6.07 Å². The van der Waals surface area contributed by atoms with Crippen molar-refractivity contribution in [3.05, 3.63) is 47.7 Å². The molecule has 1 aromatic carbocycles. The number of likely N-dealkylation sites (N-methyl/N-ethyl adjacent to an activating group) is 1. The maximum absolute atomic E-state index is 13.3. The number of aromatic nitrogens is 1. The minimum atomic E-state index is -4.44. The Balaban J connectivity index is 1.55. The predicted molar refractivity (Wildman–Crippen MR) is 103 cm³/mol. The van der Waals surface area contributed by atoms with Crippen LogP contribution in [0, 0.1) is 0 Å². The molecule has 0 spiro atoms. The molecule has 5 nitrogen and oxygen atoms in total. The topological polar surface area (TPSA) is 43.8 Å². The normalized spacial score (nSPS) is 18.4. The third kappa shape index (κ3) is 4.02. The zero-order valence-electron chi connectivity index (χ0n) is 15.6. The maximum atomic E-state index is 13.3. The van der Waals surface area contributed by atoms with Gasteiger partial charge in [-0.3, -0.25) is 14.9 Å². The minimum absolute atomic E-state index is 0.0530. The molecule has 2 aromatic rings. The molecule has 28 heavy (non-hydrogen) atoms. The van der Waals surface area contributed by atoms with Gasteiger partial charge in [-0.1, -0.05) is 12.1 Å². The number of piperazine rings is 1. The standard InChI is InChI=1S/C20H22F3N5/c1-27-7-9-28(10-8-27)13-18-25-12-15-5-4-14(11-17(15)26-18)19-16(20(21,22)23)3-2-6-24-19/h2-6,11H,7-10,12-13H2,1H3,(H,25,26). The second-order valence-corrected chi connectivity index (χ2v) is 7.24. The Morgan fingerprint density at radius 1 is 1.11 bits per heavy atom. The summed E-state index contributed by atoms with van der Waals surface area (Å²) in [6, 6.07) is 7.62. The summed E-state index contributed by atoms with van der Waals surface area (Å²) in [5.41, 5.74) is 1.44. The summed E-state index contributed by atoms with van der Waals surface area (Å²) in [6.07, 6.45) is -3.06. The molecule has 0 bridgehead atoms. The molecule has 4 rings (SSSR count). The van der Waals surface area contributed by atoms with E-state index in [-0.39, 0.29) is 5.69 Å². The number of anilines is 1. The van der Waals surface area contributed by atoms with Crippen LogP contribution >= 0.6 is 0 Å². The Kier molecular flexibility index (Phi) is 5.07. The number of hydrogen-bond acceptors (Lipinski definition) is 5. The largest absolute Gasteiger partial charge is 0.418 e. The van der Waals surface area contributed by atoms with E-state index in [1.54, 1.807) is 12.1 Å². The average molecular weight is 389 g/mol. The quantitative estimate of drug-likeness (QED) is 0.875. The highest BCUT2D eigenvalue weighted by Gasteiger charge is 2.34. The summed E-state index contributed by atoms with van der Waals surface area (Å²) in [7, 11) is 2.11. The van der Waals surface area contributed by atoms with Gasteiger partial charge in [0.05, 0.1) is 24.3 Å². The zero-order chi connectivity index (χ0) is 19.7. The van der Waals surface area contributed by atoms with Crippen LogP contribution in [0.4, 0.5) is 18.9 Å². The van der Waals surface area contributed by atoms with Gasteiger partial charge < -0.3 is 10.2 Å². The number of nitrogens with zero attached hydrogens (tertiary/aromatic N) is 4. The van der Waals surface area contributed by atoms with Crippen molar-refractivity contribution in [1.29, 1.82) is 0 Å². The fourth-order valence-electron chi connectivity index (χ4n) is 3.52. The van der Waals surface area contributed by atoms with Crippen molar-refractivity contribution in [3.8, 4) is 11.3 Å². The highest BCUT2D eigenvalue weighted by molar-refractivity contribution is 5.99. The van der Waals surface area contributed by atoms with Gasteiger partial charge in [-0.05, 0) is 30.8 Å². The lowest BCUT2D eigenvalue weighted by molar-refractivity contribution is -0.137. The first-order valence-electron chi connectivity index (χ1n) is 9.27. The Morgan fingerprint density at radius 2 is 1.89 bits per heavy atom. The summed E-state index contributed by atoms with van der Waals surface area (Å²) in [5.74, 6) is 0.853. The first-order valence-corrected chi connectivity index (χ1v) is 9.27. The molecule has 148 valence electrons. The molecule has 8 heteroatoms. The molecule has 2 aliphatic heterocycles. The van der Waals surface area contributed by atoms with Crippen molar-refractivity contribution in [1.82, 2.24) is 14.8 Å². The smallest absolute Gasteiger partial charge is 0.343 e. The number of pyridine rings is 1. The predicted octanol–water partition coefficient (Wildman–Crippen LogP) is 3.34. The summed E-state index contributed by atoms with van der Waals surface area (Å²) in [5, 5.41) is 3.31. The maximum Gasteiger partial charge on any atom is 0.418 e. The molecule has 2 aliphatic rings. The van der Waals surface area contributed by atoms with E-state index in [0.717, 1.165) is 55.9 Å². The van der Waals surface area contributed by atoms with Crippen LogP contribution in [0.5, 0.6) is 0 Å². The molecule has 1 aromatic heterocycles. The number of alkyl halides is 3. The van der Waals surface area contributed by atoms with Gasteiger partial charge in [0.2, 0.25) is 0 Å². The van der Waals surface area contributed by atoms with E-state index in [2.05, 4.69) is 32.1 Å². The Labute approximate surface area is 161 Å². The van der Waals surface area contributed by atoms with Gasteiger partial charge in [0, 0.05) is 43.6 Å². The summed E-state index contributed by atoms with van der Waals surface area (Å²) in [4.78, 5) is 13.2. The molecule has 0 saturated carbocycles. The van der Waals surface area contributed by atoms with Gasteiger partial charge in [-0.25, -0.2) is 0 Å². The molecule has 0 amide bonds. The van der Waals surface area contributed by atoms with Crippen LogP contribution in [0.25, 0.3) is 11.3 Å². The van der Waals surface area contributed by atoms with Gasteiger partial charge >= 0.3 is 6.18 Å². The molecular weight excluding hydrogens is 367 g/mol. The van der Waals surface area contributed by atoms with Crippen LogP contribution < -0.4 is 5.32 Å². The van der Waals surface area contributed by atoms with Gasteiger partial charge in [-0.15, -0.1) is 0 Å². The molecule has 1 N–H and O–H groups in total. The van der Waals surface area contributed by atoms with Gasteiger partial charge in [0.25, 0.3) is 0 Å². The van der Waals surface area contributed by atoms with Crippen molar-refractivity contribution in [2.75, 3.05) is 45.1 Å². The summed E-state index contributed by atoms with van der Waals surface area (Å²) >= 11 is 0. The van der Waals surface area contributed by atoms with E-state index in [9.17, 15) is 13.2 Å². The Morgan fingerprint density at radius 3 is 2.64 bits per heavy atom. The monoisotopic (exact) mass is 389 g/mol. The van der Waals surface area contributed by atoms with Crippen LogP contribution in [0.3, 0.4) is 0 Å². The molecule has 1 fully saturated rings. The number of hydrogen-bond donors (Lipinski definition) is 1.